The van der Waals surface area contributed by atoms with Gasteiger partial charge >= 0.3 is 6.18 Å². The van der Waals surface area contributed by atoms with Gasteiger partial charge in [-0.15, -0.1) is 0 Å². The minimum Gasteiger partial charge on any atom is -0.300 e. The summed E-state index contributed by atoms with van der Waals surface area (Å²) in [7, 11) is -3.75. The Hall–Kier alpha value is -1.09. The smallest absolute Gasteiger partial charge is 0.300 e. The van der Waals surface area contributed by atoms with Gasteiger partial charge in [0.15, 0.2) is 10.0 Å². The van der Waals surface area contributed by atoms with E-state index in [0.717, 1.165) is 6.54 Å². The second kappa shape index (κ2) is 6.38. The summed E-state index contributed by atoms with van der Waals surface area (Å²) in [6.45, 7) is 1.67. The van der Waals surface area contributed by atoms with Gasteiger partial charge < -0.3 is 4.55 Å². The van der Waals surface area contributed by atoms with Crippen molar-refractivity contribution in [2.75, 3.05) is 12.3 Å². The van der Waals surface area contributed by atoms with Gasteiger partial charge in [-0.2, -0.15) is 13.2 Å². The van der Waals surface area contributed by atoms with Gasteiger partial charge in [0.2, 0.25) is 6.33 Å². The zero-order valence-corrected chi connectivity index (χ0v) is 11.3. The minimum absolute atomic E-state index is 0.270. The first kappa shape index (κ1) is 16.0. The first-order valence-corrected chi connectivity index (χ1v) is 7.40. The minimum atomic E-state index is -4.54. The van der Waals surface area contributed by atoms with Crippen molar-refractivity contribution in [3.8, 4) is 0 Å². The summed E-state index contributed by atoms with van der Waals surface area (Å²) in [5, 5.41) is 0. The van der Waals surface area contributed by atoms with Gasteiger partial charge in [-0.25, -0.2) is 17.7 Å². The van der Waals surface area contributed by atoms with Crippen molar-refractivity contribution in [3.63, 3.8) is 0 Å². The second-order valence-electron chi connectivity index (χ2n) is 4.05. The zero-order chi connectivity index (χ0) is 14.5. The maximum Gasteiger partial charge on any atom is 0.408 e. The van der Waals surface area contributed by atoms with Crippen molar-refractivity contribution in [1.29, 1.82) is 0 Å². The van der Waals surface area contributed by atoms with E-state index < -0.39 is 22.7 Å². The van der Waals surface area contributed by atoms with E-state index in [-0.39, 0.29) is 12.2 Å². The number of rotatable bonds is 6. The third-order valence-electron chi connectivity index (χ3n) is 2.38. The number of hydrogen-bond acceptors (Lipinski definition) is 2. The fraction of sp³-hybridized carbons (Fsp3) is 0.700. The van der Waals surface area contributed by atoms with Crippen molar-refractivity contribution < 1.29 is 26.5 Å². The first-order valence-electron chi connectivity index (χ1n) is 5.76. The summed E-state index contributed by atoms with van der Waals surface area (Å²) in [6, 6.07) is 0. The van der Waals surface area contributed by atoms with Crippen LogP contribution in [0.4, 0.5) is 13.2 Å². The van der Waals surface area contributed by atoms with E-state index in [4.69, 9.17) is 0 Å². The molecule has 0 saturated carbocycles. The molecule has 5 nitrogen and oxygen atoms in total. The maximum absolute atomic E-state index is 11.9. The molecular weight excluding hydrogens is 283 g/mol. The van der Waals surface area contributed by atoms with Crippen LogP contribution < -0.4 is 4.57 Å². The number of halogens is 3. The van der Waals surface area contributed by atoms with Crippen LogP contribution in [0, 0.1) is 0 Å². The Morgan fingerprint density at radius 2 is 2.16 bits per heavy atom. The Balaban J connectivity index is 2.45. The van der Waals surface area contributed by atoms with Crippen molar-refractivity contribution in [2.45, 2.75) is 32.6 Å². The van der Waals surface area contributed by atoms with Gasteiger partial charge in [-0.3, -0.25) is 0 Å². The molecule has 1 N–H and O–H groups in total. The van der Waals surface area contributed by atoms with Gasteiger partial charge in [0.1, 0.15) is 18.9 Å². The lowest BCUT2D eigenvalue weighted by molar-refractivity contribution is -0.696. The number of nitrogens with zero attached hydrogens (tertiary/aromatic N) is 3. The predicted octanol–water partition coefficient (Wildman–Crippen LogP) is 1.69. The van der Waals surface area contributed by atoms with Crippen molar-refractivity contribution in [3.05, 3.63) is 18.7 Å². The van der Waals surface area contributed by atoms with Gasteiger partial charge in [0.05, 0.1) is 18.8 Å². The molecule has 0 fully saturated rings. The van der Waals surface area contributed by atoms with Gasteiger partial charge in [-0.05, 0) is 13.3 Å². The quantitative estimate of drug-likeness (QED) is 0.813. The third kappa shape index (κ3) is 6.58. The summed E-state index contributed by atoms with van der Waals surface area (Å²) in [4.78, 5) is 0. The molecule has 1 aromatic heterocycles. The molecule has 0 bridgehead atoms. The van der Waals surface area contributed by atoms with E-state index in [0.29, 0.717) is 6.54 Å². The highest BCUT2D eigenvalue weighted by molar-refractivity contribution is 7.88. The molecule has 0 aliphatic heterocycles. The second-order valence-corrected chi connectivity index (χ2v) is 5.93. The largest absolute Gasteiger partial charge is 0.408 e. The predicted molar refractivity (Wildman–Crippen MR) is 63.9 cm³/mol. The van der Waals surface area contributed by atoms with Crippen molar-refractivity contribution in [2.24, 2.45) is 4.36 Å². The Morgan fingerprint density at radius 1 is 1.47 bits per heavy atom. The van der Waals surface area contributed by atoms with E-state index in [1.54, 1.807) is 6.20 Å². The molecule has 0 radical (unpaired) electrons. The van der Waals surface area contributed by atoms with Crippen molar-refractivity contribution in [1.82, 2.24) is 4.57 Å². The van der Waals surface area contributed by atoms with E-state index >= 15 is 0 Å². The number of aromatic nitrogens is 2. The van der Waals surface area contributed by atoms with Gasteiger partial charge in [0, 0.05) is 0 Å². The van der Waals surface area contributed by atoms with Crippen LogP contribution in [-0.2, 0) is 23.1 Å². The Labute approximate surface area is 110 Å². The SMILES string of the molecule is CCn1cc[n+](CCCS(=O)(O)=NCC(F)(F)F)c1. The molecule has 1 heterocycles. The van der Waals surface area contributed by atoms with E-state index in [1.807, 2.05) is 28.6 Å². The summed E-state index contributed by atoms with van der Waals surface area (Å²) in [5.41, 5.74) is 0. The topological polar surface area (TPSA) is 58.5 Å². The summed E-state index contributed by atoms with van der Waals surface area (Å²) < 4.78 is 62.8. The number of imidazole rings is 1. The van der Waals surface area contributed by atoms with Gasteiger partial charge in [0.25, 0.3) is 0 Å². The molecule has 0 aromatic carbocycles. The van der Waals surface area contributed by atoms with Crippen LogP contribution in [0.2, 0.25) is 0 Å². The molecule has 9 heteroatoms. The average Bonchev–Trinajstić information content (AvgIpc) is 2.74. The molecule has 0 aliphatic carbocycles. The summed E-state index contributed by atoms with van der Waals surface area (Å²) >= 11 is 0. The lowest BCUT2D eigenvalue weighted by Gasteiger charge is -2.04. The summed E-state index contributed by atoms with van der Waals surface area (Å²) in [5.74, 6) is -0.270. The molecule has 1 unspecified atom stereocenters. The average molecular weight is 300 g/mol. The molecule has 110 valence electrons. The van der Waals surface area contributed by atoms with E-state index in [9.17, 15) is 21.9 Å². The van der Waals surface area contributed by atoms with Crippen LogP contribution in [0.15, 0.2) is 23.1 Å². The third-order valence-corrected chi connectivity index (χ3v) is 3.74. The Bertz CT molecular complexity index is 518. The molecule has 1 aromatic rings. The summed E-state index contributed by atoms with van der Waals surface area (Å²) in [6.07, 6.45) is 1.22. The maximum atomic E-state index is 11.9. The van der Waals surface area contributed by atoms with E-state index in [1.165, 1.54) is 0 Å². The van der Waals surface area contributed by atoms with Crippen LogP contribution >= 0.6 is 0 Å². The van der Waals surface area contributed by atoms with Crippen molar-refractivity contribution >= 4 is 10.0 Å². The first-order chi connectivity index (χ1) is 8.72. The molecule has 1 atom stereocenters. The van der Waals surface area contributed by atoms with Crippen LogP contribution in [0.25, 0.3) is 0 Å². The Kier molecular flexibility index (Phi) is 5.36. The number of alkyl halides is 3. The lowest BCUT2D eigenvalue weighted by Crippen LogP contribution is -2.32. The van der Waals surface area contributed by atoms with Gasteiger partial charge in [-0.1, -0.05) is 0 Å². The normalized spacial score (nSPS) is 15.2. The molecular formula is C10H17F3N3O2S+. The van der Waals surface area contributed by atoms with E-state index in [2.05, 4.69) is 4.36 Å². The highest BCUT2D eigenvalue weighted by atomic mass is 32.2. The van der Waals surface area contributed by atoms with Crippen LogP contribution in [0.3, 0.4) is 0 Å². The molecule has 0 amide bonds. The fourth-order valence-corrected chi connectivity index (χ4v) is 2.41. The number of aryl methyl sites for hydroxylation is 2. The van der Waals surface area contributed by atoms with Crippen LogP contribution in [0.5, 0.6) is 0 Å². The fourth-order valence-electron chi connectivity index (χ4n) is 1.43. The standard InChI is InChI=1S/C10H16F3N3O2S/c1-2-15-5-6-16(9-15)4-3-7-19(17,18)14-8-10(11,12)13/h5-6,9H,2-4,7-8H2,1H3/p+1. The monoisotopic (exact) mass is 300 g/mol. The number of hydrogen-bond donors (Lipinski definition) is 1. The molecule has 0 aliphatic rings. The molecule has 19 heavy (non-hydrogen) atoms. The zero-order valence-electron chi connectivity index (χ0n) is 10.5. The highest BCUT2D eigenvalue weighted by Gasteiger charge is 2.27. The highest BCUT2D eigenvalue weighted by Crippen LogP contribution is 2.15. The Morgan fingerprint density at radius 3 is 2.68 bits per heavy atom. The van der Waals surface area contributed by atoms with Crippen LogP contribution in [-0.4, -0.2) is 31.8 Å². The molecule has 0 spiro atoms. The van der Waals surface area contributed by atoms with Crippen LogP contribution in [0.1, 0.15) is 13.3 Å². The lowest BCUT2D eigenvalue weighted by atomic mass is 10.5. The molecule has 0 saturated heterocycles. The molecule has 1 rings (SSSR count).